The van der Waals surface area contributed by atoms with Gasteiger partial charge in [0.1, 0.15) is 0 Å². The number of nitrogens with zero attached hydrogens (tertiary/aromatic N) is 1. The molecule has 1 saturated heterocycles. The maximum Gasteiger partial charge on any atom is 0.223 e. The Bertz CT molecular complexity index is 260. The highest BCUT2D eigenvalue weighted by atomic mass is 16.5. The summed E-state index contributed by atoms with van der Waals surface area (Å²) in [6.45, 7) is 4.60. The topological polar surface area (TPSA) is 55.6 Å². The Morgan fingerprint density at radius 3 is 2.88 bits per heavy atom. The van der Waals surface area contributed by atoms with E-state index in [-0.39, 0.29) is 11.5 Å². The number of nitrogens with two attached hydrogens (primary N) is 1. The predicted octanol–water partition coefficient (Wildman–Crippen LogP) is 0.753. The molecule has 0 aromatic heterocycles. The van der Waals surface area contributed by atoms with Gasteiger partial charge in [-0.3, -0.25) is 4.79 Å². The number of carbonyl (C=O) groups is 1. The second kappa shape index (κ2) is 4.72. The maximum atomic E-state index is 12.0. The molecule has 1 saturated carbocycles. The molecule has 1 atom stereocenters. The summed E-state index contributed by atoms with van der Waals surface area (Å²) in [6, 6.07) is 0. The summed E-state index contributed by atoms with van der Waals surface area (Å²) < 4.78 is 5.75. The van der Waals surface area contributed by atoms with Crippen molar-refractivity contribution in [2.45, 2.75) is 38.2 Å². The van der Waals surface area contributed by atoms with E-state index < -0.39 is 0 Å². The molecule has 0 radical (unpaired) electrons. The first kappa shape index (κ1) is 11.9. The van der Waals surface area contributed by atoms with Gasteiger partial charge in [-0.1, -0.05) is 6.92 Å². The van der Waals surface area contributed by atoms with Crippen LogP contribution in [0.3, 0.4) is 0 Å². The van der Waals surface area contributed by atoms with Crippen molar-refractivity contribution in [1.82, 2.24) is 4.90 Å². The third-order valence-electron chi connectivity index (χ3n) is 3.78. The van der Waals surface area contributed by atoms with Crippen LogP contribution in [-0.4, -0.2) is 42.6 Å². The molecule has 2 aliphatic rings. The molecule has 0 spiro atoms. The number of hydrogen-bond acceptors (Lipinski definition) is 3. The molecule has 2 fully saturated rings. The lowest BCUT2D eigenvalue weighted by molar-refractivity contribution is -0.150. The van der Waals surface area contributed by atoms with Gasteiger partial charge in [-0.2, -0.15) is 0 Å². The van der Waals surface area contributed by atoms with Gasteiger partial charge >= 0.3 is 0 Å². The van der Waals surface area contributed by atoms with Crippen molar-refractivity contribution in [3.05, 3.63) is 0 Å². The van der Waals surface area contributed by atoms with Gasteiger partial charge < -0.3 is 15.4 Å². The highest BCUT2D eigenvalue weighted by Crippen LogP contribution is 2.33. The molecular weight excluding hydrogens is 204 g/mol. The minimum atomic E-state index is -0.294. The normalized spacial score (nSPS) is 30.5. The second-order valence-corrected chi connectivity index (χ2v) is 5.05. The molecule has 1 amide bonds. The molecule has 16 heavy (non-hydrogen) atoms. The van der Waals surface area contributed by atoms with Crippen LogP contribution in [-0.2, 0) is 9.53 Å². The third-order valence-corrected chi connectivity index (χ3v) is 3.78. The number of amides is 1. The Balaban J connectivity index is 1.91. The number of ether oxygens (including phenoxy) is 1. The van der Waals surface area contributed by atoms with Crippen LogP contribution in [0.1, 0.15) is 32.6 Å². The Kier molecular flexibility index (Phi) is 3.50. The Morgan fingerprint density at radius 2 is 2.31 bits per heavy atom. The summed E-state index contributed by atoms with van der Waals surface area (Å²) >= 11 is 0. The minimum absolute atomic E-state index is 0.289. The fourth-order valence-corrected chi connectivity index (χ4v) is 2.24. The van der Waals surface area contributed by atoms with Crippen molar-refractivity contribution in [1.29, 1.82) is 0 Å². The minimum Gasteiger partial charge on any atom is -0.370 e. The van der Waals surface area contributed by atoms with Crippen LogP contribution in [0.5, 0.6) is 0 Å². The van der Waals surface area contributed by atoms with Crippen molar-refractivity contribution in [3.8, 4) is 0 Å². The van der Waals surface area contributed by atoms with E-state index in [0.29, 0.717) is 25.6 Å². The zero-order chi connectivity index (χ0) is 11.6. The molecule has 2 rings (SSSR count). The lowest BCUT2D eigenvalue weighted by atomic mass is 9.98. The molecule has 1 heterocycles. The van der Waals surface area contributed by atoms with Crippen LogP contribution < -0.4 is 5.73 Å². The van der Waals surface area contributed by atoms with Gasteiger partial charge in [0.25, 0.3) is 0 Å². The lowest BCUT2D eigenvalue weighted by Crippen LogP contribution is -2.56. The molecule has 1 aliphatic carbocycles. The molecular formula is C12H22N2O2. The van der Waals surface area contributed by atoms with E-state index in [9.17, 15) is 4.79 Å². The summed E-state index contributed by atoms with van der Waals surface area (Å²) in [5, 5.41) is 0. The molecule has 2 N–H and O–H groups in total. The fourth-order valence-electron chi connectivity index (χ4n) is 2.24. The van der Waals surface area contributed by atoms with Crippen LogP contribution >= 0.6 is 0 Å². The quantitative estimate of drug-likeness (QED) is 0.769. The smallest absolute Gasteiger partial charge is 0.223 e. The van der Waals surface area contributed by atoms with Crippen LogP contribution in [0.25, 0.3) is 0 Å². The van der Waals surface area contributed by atoms with E-state index in [1.54, 1.807) is 0 Å². The Morgan fingerprint density at radius 1 is 1.56 bits per heavy atom. The fraction of sp³-hybridized carbons (Fsp3) is 0.917. The van der Waals surface area contributed by atoms with Crippen molar-refractivity contribution in [2.75, 3.05) is 26.2 Å². The van der Waals surface area contributed by atoms with Gasteiger partial charge in [0.2, 0.25) is 5.91 Å². The average Bonchev–Trinajstić information content (AvgIpc) is 3.13. The standard InChI is InChI=1S/C12H22N2O2/c1-2-12(8-13)9-14(5-6-16-12)11(15)7-10-3-4-10/h10H,2-9,13H2,1H3. The van der Waals surface area contributed by atoms with E-state index in [2.05, 4.69) is 6.92 Å². The first-order valence-corrected chi connectivity index (χ1v) is 6.31. The van der Waals surface area contributed by atoms with Crippen LogP contribution in [0, 0.1) is 5.92 Å². The molecule has 0 aromatic carbocycles. The van der Waals surface area contributed by atoms with Crippen molar-refractivity contribution in [3.63, 3.8) is 0 Å². The van der Waals surface area contributed by atoms with Crippen molar-refractivity contribution in [2.24, 2.45) is 11.7 Å². The summed E-state index contributed by atoms with van der Waals surface area (Å²) in [7, 11) is 0. The first-order chi connectivity index (χ1) is 7.69. The Hall–Kier alpha value is -0.610. The zero-order valence-corrected chi connectivity index (χ0v) is 10.1. The molecule has 1 unspecified atom stereocenters. The van der Waals surface area contributed by atoms with E-state index in [1.807, 2.05) is 4.90 Å². The van der Waals surface area contributed by atoms with Crippen LogP contribution in [0.2, 0.25) is 0 Å². The molecule has 1 aliphatic heterocycles. The summed E-state index contributed by atoms with van der Waals surface area (Å²) in [5.41, 5.74) is 5.47. The van der Waals surface area contributed by atoms with Crippen molar-refractivity contribution >= 4 is 5.91 Å². The van der Waals surface area contributed by atoms with Gasteiger partial charge in [-0.25, -0.2) is 0 Å². The first-order valence-electron chi connectivity index (χ1n) is 6.31. The van der Waals surface area contributed by atoms with Gasteiger partial charge in [0.15, 0.2) is 0 Å². The maximum absolute atomic E-state index is 12.0. The Labute approximate surface area is 97.1 Å². The SMILES string of the molecule is CCC1(CN)CN(C(=O)CC2CC2)CCO1. The van der Waals surface area contributed by atoms with Crippen LogP contribution in [0.4, 0.5) is 0 Å². The second-order valence-electron chi connectivity index (χ2n) is 5.05. The number of rotatable bonds is 4. The largest absolute Gasteiger partial charge is 0.370 e. The highest BCUT2D eigenvalue weighted by molar-refractivity contribution is 5.77. The lowest BCUT2D eigenvalue weighted by Gasteiger charge is -2.41. The molecule has 0 aromatic rings. The summed E-state index contributed by atoms with van der Waals surface area (Å²) in [5.74, 6) is 0.946. The number of morpholine rings is 1. The van der Waals surface area contributed by atoms with Gasteiger partial charge in [0, 0.05) is 19.5 Å². The zero-order valence-electron chi connectivity index (χ0n) is 10.1. The third kappa shape index (κ3) is 2.55. The van der Waals surface area contributed by atoms with Gasteiger partial charge in [-0.15, -0.1) is 0 Å². The summed E-state index contributed by atoms with van der Waals surface area (Å²) in [6.07, 6.45) is 4.05. The highest BCUT2D eigenvalue weighted by Gasteiger charge is 2.37. The molecule has 4 nitrogen and oxygen atoms in total. The van der Waals surface area contributed by atoms with Crippen LogP contribution in [0.15, 0.2) is 0 Å². The predicted molar refractivity (Wildman–Crippen MR) is 61.9 cm³/mol. The molecule has 0 bridgehead atoms. The molecule has 4 heteroatoms. The van der Waals surface area contributed by atoms with E-state index in [1.165, 1.54) is 12.8 Å². The van der Waals surface area contributed by atoms with E-state index in [4.69, 9.17) is 10.5 Å². The molecule has 92 valence electrons. The van der Waals surface area contributed by atoms with E-state index in [0.717, 1.165) is 19.4 Å². The summed E-state index contributed by atoms with van der Waals surface area (Å²) in [4.78, 5) is 13.9. The van der Waals surface area contributed by atoms with E-state index >= 15 is 0 Å². The van der Waals surface area contributed by atoms with Crippen molar-refractivity contribution < 1.29 is 9.53 Å². The number of carbonyl (C=O) groups excluding carboxylic acids is 1. The number of hydrogen-bond donors (Lipinski definition) is 1. The average molecular weight is 226 g/mol. The van der Waals surface area contributed by atoms with Gasteiger partial charge in [-0.05, 0) is 25.2 Å². The monoisotopic (exact) mass is 226 g/mol. The van der Waals surface area contributed by atoms with Gasteiger partial charge in [0.05, 0.1) is 18.8 Å².